The van der Waals surface area contributed by atoms with Crippen LogP contribution < -0.4 is 14.8 Å². The number of Topliss-reactive ketones (excluding diaryl/α,β-unsaturated/α-hetero) is 1. The van der Waals surface area contributed by atoms with E-state index in [0.29, 0.717) is 36.0 Å². The fourth-order valence-corrected chi connectivity index (χ4v) is 3.45. The third kappa shape index (κ3) is 6.84. The van der Waals surface area contributed by atoms with Gasteiger partial charge in [0.2, 0.25) is 5.78 Å². The van der Waals surface area contributed by atoms with E-state index < -0.39 is 36.3 Å². The number of amides is 1. The maximum absolute atomic E-state index is 12.8. The highest BCUT2D eigenvalue weighted by Crippen LogP contribution is 2.28. The van der Waals surface area contributed by atoms with Gasteiger partial charge in [0.25, 0.3) is 5.91 Å². The minimum Gasteiger partial charge on any atom is -0.490 e. The van der Waals surface area contributed by atoms with Crippen LogP contribution >= 0.6 is 0 Å². The minimum atomic E-state index is -1.14. The number of H-pyrrole nitrogens is 1. The molecule has 1 heterocycles. The molecule has 35 heavy (non-hydrogen) atoms. The van der Waals surface area contributed by atoms with Crippen LogP contribution in [0.2, 0.25) is 0 Å². The van der Waals surface area contributed by atoms with Crippen LogP contribution in [0.5, 0.6) is 11.5 Å². The van der Waals surface area contributed by atoms with Gasteiger partial charge in [-0.05, 0) is 65.3 Å². The number of ether oxygens (including phenoxy) is 4. The van der Waals surface area contributed by atoms with Crippen molar-refractivity contribution in [3.63, 3.8) is 0 Å². The van der Waals surface area contributed by atoms with E-state index in [-0.39, 0.29) is 23.4 Å². The zero-order chi connectivity index (χ0) is 26.1. The van der Waals surface area contributed by atoms with E-state index in [9.17, 15) is 19.2 Å². The lowest BCUT2D eigenvalue weighted by molar-refractivity contribution is -0.145. The van der Waals surface area contributed by atoms with Crippen molar-refractivity contribution in [3.05, 3.63) is 46.3 Å². The van der Waals surface area contributed by atoms with Gasteiger partial charge in [0.1, 0.15) is 6.54 Å². The van der Waals surface area contributed by atoms with Gasteiger partial charge in [-0.15, -0.1) is 0 Å². The van der Waals surface area contributed by atoms with Crippen LogP contribution in [0.15, 0.2) is 18.2 Å². The summed E-state index contributed by atoms with van der Waals surface area (Å²) in [7, 11) is 0. The number of aromatic amines is 1. The number of ketones is 1. The summed E-state index contributed by atoms with van der Waals surface area (Å²) in [5.74, 6) is -1.41. The van der Waals surface area contributed by atoms with Crippen LogP contribution in [0.25, 0.3) is 0 Å². The molecule has 0 aliphatic carbocycles. The Morgan fingerprint density at radius 1 is 0.971 bits per heavy atom. The number of carbonyl (C=O) groups excluding carboxylic acids is 4. The molecule has 0 saturated heterocycles. The number of hydrogen-bond donors (Lipinski definition) is 2. The first-order chi connectivity index (χ1) is 16.6. The van der Waals surface area contributed by atoms with E-state index in [4.69, 9.17) is 18.9 Å². The number of hydrogen-bond acceptors (Lipinski definition) is 8. The van der Waals surface area contributed by atoms with Crippen molar-refractivity contribution in [3.8, 4) is 11.5 Å². The molecule has 0 saturated carbocycles. The van der Waals surface area contributed by atoms with E-state index in [1.54, 1.807) is 32.9 Å². The summed E-state index contributed by atoms with van der Waals surface area (Å²) in [6, 6.07) is 4.70. The Bertz CT molecular complexity index is 1090. The van der Waals surface area contributed by atoms with Crippen LogP contribution in [0.3, 0.4) is 0 Å². The summed E-state index contributed by atoms with van der Waals surface area (Å²) in [4.78, 5) is 52.6. The number of carbonyl (C=O) groups is 4. The van der Waals surface area contributed by atoms with Gasteiger partial charge in [0.15, 0.2) is 17.6 Å². The maximum Gasteiger partial charge on any atom is 0.340 e. The maximum atomic E-state index is 12.8. The lowest BCUT2D eigenvalue weighted by Gasteiger charge is -2.14. The molecule has 0 spiro atoms. The van der Waals surface area contributed by atoms with E-state index in [0.717, 1.165) is 0 Å². The van der Waals surface area contributed by atoms with E-state index in [1.165, 1.54) is 13.0 Å². The molecule has 1 atom stereocenters. The first-order valence-electron chi connectivity index (χ1n) is 11.4. The van der Waals surface area contributed by atoms with E-state index >= 15 is 0 Å². The Morgan fingerprint density at radius 2 is 1.63 bits per heavy atom. The number of rotatable bonds is 12. The molecule has 0 aliphatic heterocycles. The second-order valence-electron chi connectivity index (χ2n) is 7.55. The summed E-state index contributed by atoms with van der Waals surface area (Å²) in [5.41, 5.74) is 1.62. The molecule has 0 fully saturated rings. The quantitative estimate of drug-likeness (QED) is 0.344. The summed E-state index contributed by atoms with van der Waals surface area (Å²) in [6.07, 6.45) is -1.14. The van der Waals surface area contributed by atoms with Crippen molar-refractivity contribution in [2.45, 2.75) is 47.6 Å². The number of benzene rings is 1. The first kappa shape index (κ1) is 27.4. The highest BCUT2D eigenvalue weighted by Gasteiger charge is 2.27. The fraction of sp³-hybridized carbons (Fsp3) is 0.440. The second-order valence-corrected chi connectivity index (χ2v) is 7.55. The molecule has 1 aromatic carbocycles. The van der Waals surface area contributed by atoms with Crippen LogP contribution in [-0.2, 0) is 14.3 Å². The predicted molar refractivity (Wildman–Crippen MR) is 127 cm³/mol. The summed E-state index contributed by atoms with van der Waals surface area (Å²) < 4.78 is 21.2. The van der Waals surface area contributed by atoms with Crippen LogP contribution in [0.4, 0.5) is 0 Å². The summed E-state index contributed by atoms with van der Waals surface area (Å²) in [5, 5.41) is 2.47. The van der Waals surface area contributed by atoms with Gasteiger partial charge in [0.05, 0.1) is 31.1 Å². The largest absolute Gasteiger partial charge is 0.490 e. The number of nitrogens with one attached hydrogen (secondary N) is 2. The van der Waals surface area contributed by atoms with E-state index in [1.807, 2.05) is 13.8 Å². The standard InChI is InChI=1S/C25H32N2O8/c1-7-32-18-11-10-17(12-19(18)33-8-2)24(30)26-13-20(28)35-16(6)23(29)22-14(4)21(15(5)27-22)25(31)34-9-3/h10-12,16,27H,7-9,13H2,1-6H3,(H,26,30). The minimum absolute atomic E-state index is 0.160. The third-order valence-electron chi connectivity index (χ3n) is 5.04. The average molecular weight is 489 g/mol. The first-order valence-corrected chi connectivity index (χ1v) is 11.4. The number of esters is 2. The number of aromatic nitrogens is 1. The SMILES string of the molecule is CCOC(=O)c1c(C)[nH]c(C(=O)C(C)OC(=O)CNC(=O)c2ccc(OCC)c(OCC)c2)c1C. The molecule has 2 aromatic rings. The zero-order valence-corrected chi connectivity index (χ0v) is 20.9. The molecule has 1 unspecified atom stereocenters. The molecule has 10 nitrogen and oxygen atoms in total. The molecular weight excluding hydrogens is 456 g/mol. The molecule has 1 amide bonds. The highest BCUT2D eigenvalue weighted by atomic mass is 16.5. The van der Waals surface area contributed by atoms with Gasteiger partial charge in [0, 0.05) is 11.3 Å². The Balaban J connectivity index is 2.00. The lowest BCUT2D eigenvalue weighted by Crippen LogP contribution is -2.34. The van der Waals surface area contributed by atoms with Gasteiger partial charge in [-0.2, -0.15) is 0 Å². The molecule has 0 bridgehead atoms. The van der Waals surface area contributed by atoms with Gasteiger partial charge in [-0.1, -0.05) is 0 Å². The Hall–Kier alpha value is -3.82. The van der Waals surface area contributed by atoms with E-state index in [2.05, 4.69) is 10.3 Å². The smallest absolute Gasteiger partial charge is 0.340 e. The monoisotopic (exact) mass is 488 g/mol. The van der Waals surface area contributed by atoms with Gasteiger partial charge < -0.3 is 29.2 Å². The Kier molecular flexibility index (Phi) is 9.86. The molecule has 0 radical (unpaired) electrons. The fourth-order valence-electron chi connectivity index (χ4n) is 3.45. The van der Waals surface area contributed by atoms with Crippen molar-refractivity contribution in [2.75, 3.05) is 26.4 Å². The van der Waals surface area contributed by atoms with Crippen LogP contribution in [-0.4, -0.2) is 61.1 Å². The molecule has 10 heteroatoms. The Labute approximate surface area is 204 Å². The second kappa shape index (κ2) is 12.6. The van der Waals surface area contributed by atoms with Gasteiger partial charge >= 0.3 is 11.9 Å². The van der Waals surface area contributed by atoms with Crippen LogP contribution in [0, 0.1) is 13.8 Å². The summed E-state index contributed by atoms with van der Waals surface area (Å²) in [6.45, 7) is 10.6. The molecular formula is C25H32N2O8. The Morgan fingerprint density at radius 3 is 2.26 bits per heavy atom. The van der Waals surface area contributed by atoms with Crippen molar-refractivity contribution < 1.29 is 38.1 Å². The van der Waals surface area contributed by atoms with Crippen molar-refractivity contribution >= 4 is 23.6 Å². The molecule has 190 valence electrons. The number of aryl methyl sites for hydroxylation is 1. The molecule has 2 N–H and O–H groups in total. The van der Waals surface area contributed by atoms with Crippen LogP contribution in [0.1, 0.15) is 70.2 Å². The highest BCUT2D eigenvalue weighted by molar-refractivity contribution is 6.04. The van der Waals surface area contributed by atoms with Crippen molar-refractivity contribution in [1.29, 1.82) is 0 Å². The lowest BCUT2D eigenvalue weighted by atomic mass is 10.1. The third-order valence-corrected chi connectivity index (χ3v) is 5.04. The average Bonchev–Trinajstić information content (AvgIpc) is 3.12. The van der Waals surface area contributed by atoms with Gasteiger partial charge in [-0.25, -0.2) is 4.79 Å². The van der Waals surface area contributed by atoms with Crippen molar-refractivity contribution in [2.24, 2.45) is 0 Å². The zero-order valence-electron chi connectivity index (χ0n) is 20.9. The topological polar surface area (TPSA) is 133 Å². The van der Waals surface area contributed by atoms with Crippen molar-refractivity contribution in [1.82, 2.24) is 10.3 Å². The molecule has 1 aromatic heterocycles. The normalized spacial score (nSPS) is 11.4. The summed E-state index contributed by atoms with van der Waals surface area (Å²) >= 11 is 0. The predicted octanol–water partition coefficient (Wildman–Crippen LogP) is 3.15. The molecule has 0 aliphatic rings. The molecule has 2 rings (SSSR count). The van der Waals surface area contributed by atoms with Gasteiger partial charge in [-0.3, -0.25) is 14.4 Å².